The Bertz CT molecular complexity index is 1650. The summed E-state index contributed by atoms with van der Waals surface area (Å²) in [4.78, 5) is 29.1. The molecule has 8 nitrogen and oxygen atoms in total. The number of imidazole rings is 1. The number of carbonyl (C=O) groups is 1. The standard InChI is InChI=1S/C27H24N4O4/c1-15-5-4-6-17(11-15)14-31-22-13-23-20(16(2)24(25(28)32)26(33)35-23)12-21(22)30-27(31)29-18-7-9-19(34-3)10-8-18/h4-13H,14H2,1-3H3,(H2,28,32)(H,29,30). The molecule has 0 saturated carbocycles. The minimum Gasteiger partial charge on any atom is -0.497 e. The molecule has 5 rings (SSSR count). The van der Waals surface area contributed by atoms with E-state index in [4.69, 9.17) is 19.9 Å². The van der Waals surface area contributed by atoms with E-state index in [1.807, 2.05) is 54.0 Å². The zero-order chi connectivity index (χ0) is 24.7. The van der Waals surface area contributed by atoms with Crippen LogP contribution < -0.4 is 21.4 Å². The van der Waals surface area contributed by atoms with Crippen LogP contribution in [-0.2, 0) is 6.54 Å². The predicted octanol–water partition coefficient (Wildman–Crippen LogP) is 4.66. The summed E-state index contributed by atoms with van der Waals surface area (Å²) >= 11 is 0. The predicted molar refractivity (Wildman–Crippen MR) is 136 cm³/mol. The van der Waals surface area contributed by atoms with Crippen LogP contribution in [0.2, 0.25) is 0 Å². The second-order valence-electron chi connectivity index (χ2n) is 8.45. The number of nitrogens with two attached hydrogens (primary N) is 1. The van der Waals surface area contributed by atoms with E-state index in [0.717, 1.165) is 28.1 Å². The number of methoxy groups -OCH3 is 1. The van der Waals surface area contributed by atoms with E-state index < -0.39 is 11.5 Å². The number of anilines is 2. The molecule has 1 amide bonds. The third-order valence-electron chi connectivity index (χ3n) is 6.05. The van der Waals surface area contributed by atoms with Gasteiger partial charge in [-0.05, 0) is 55.3 Å². The molecule has 0 aliphatic heterocycles. The Hall–Kier alpha value is -4.59. The number of aryl methyl sites for hydroxylation is 2. The monoisotopic (exact) mass is 468 g/mol. The number of aromatic nitrogens is 2. The largest absolute Gasteiger partial charge is 0.497 e. The van der Waals surface area contributed by atoms with Crippen molar-refractivity contribution in [1.82, 2.24) is 9.55 Å². The van der Waals surface area contributed by atoms with E-state index in [1.54, 1.807) is 20.1 Å². The van der Waals surface area contributed by atoms with E-state index in [1.165, 1.54) is 0 Å². The second kappa shape index (κ2) is 8.64. The SMILES string of the molecule is COc1ccc(Nc2nc3cc4c(C)c(C(N)=O)c(=O)oc4cc3n2Cc2cccc(C)c2)cc1. The number of ether oxygens (including phenoxy) is 1. The molecule has 0 spiro atoms. The van der Waals surface area contributed by atoms with Gasteiger partial charge in [0.2, 0.25) is 5.95 Å². The molecule has 2 heterocycles. The molecule has 2 aromatic heterocycles. The average Bonchev–Trinajstić information content (AvgIpc) is 3.14. The number of benzene rings is 3. The summed E-state index contributed by atoms with van der Waals surface area (Å²) in [5.41, 5.74) is 9.93. The smallest absolute Gasteiger partial charge is 0.349 e. The summed E-state index contributed by atoms with van der Waals surface area (Å²) < 4.78 is 12.8. The molecule has 0 aliphatic carbocycles. The second-order valence-corrected chi connectivity index (χ2v) is 8.45. The van der Waals surface area contributed by atoms with Gasteiger partial charge in [-0.2, -0.15) is 0 Å². The zero-order valence-electron chi connectivity index (χ0n) is 19.6. The van der Waals surface area contributed by atoms with E-state index in [0.29, 0.717) is 34.5 Å². The molecule has 0 aliphatic rings. The van der Waals surface area contributed by atoms with E-state index >= 15 is 0 Å². The molecular weight excluding hydrogens is 444 g/mol. The Balaban J connectivity index is 1.71. The van der Waals surface area contributed by atoms with Crippen molar-refractivity contribution in [3.05, 3.63) is 93.3 Å². The topological polar surface area (TPSA) is 112 Å². The highest BCUT2D eigenvalue weighted by atomic mass is 16.5. The fourth-order valence-electron chi connectivity index (χ4n) is 4.31. The summed E-state index contributed by atoms with van der Waals surface area (Å²) in [6, 6.07) is 19.4. The van der Waals surface area contributed by atoms with Crippen LogP contribution in [0.1, 0.15) is 27.0 Å². The van der Waals surface area contributed by atoms with Crippen molar-refractivity contribution in [2.45, 2.75) is 20.4 Å². The first kappa shape index (κ1) is 22.2. The molecule has 0 saturated heterocycles. The summed E-state index contributed by atoms with van der Waals surface area (Å²) in [5.74, 6) is 0.563. The number of amides is 1. The summed E-state index contributed by atoms with van der Waals surface area (Å²) in [6.45, 7) is 4.28. The van der Waals surface area contributed by atoms with Gasteiger partial charge >= 0.3 is 5.63 Å². The normalized spacial score (nSPS) is 11.2. The van der Waals surface area contributed by atoms with Crippen molar-refractivity contribution in [3.63, 3.8) is 0 Å². The van der Waals surface area contributed by atoms with Gasteiger partial charge in [-0.3, -0.25) is 4.79 Å². The Morgan fingerprint density at radius 2 is 1.89 bits per heavy atom. The lowest BCUT2D eigenvalue weighted by atomic mass is 10.0. The Labute approximate surface area is 201 Å². The lowest BCUT2D eigenvalue weighted by Gasteiger charge is -2.12. The van der Waals surface area contributed by atoms with Crippen molar-refractivity contribution in [3.8, 4) is 5.75 Å². The molecule has 0 fully saturated rings. The number of primary amides is 1. The number of rotatable bonds is 6. The molecular formula is C27H24N4O4. The van der Waals surface area contributed by atoms with Crippen LogP contribution in [0.4, 0.5) is 11.6 Å². The van der Waals surface area contributed by atoms with Gasteiger partial charge in [0.15, 0.2) is 0 Å². The van der Waals surface area contributed by atoms with Gasteiger partial charge in [-0.1, -0.05) is 29.8 Å². The Morgan fingerprint density at radius 3 is 2.57 bits per heavy atom. The van der Waals surface area contributed by atoms with Gasteiger partial charge in [0.25, 0.3) is 5.91 Å². The highest BCUT2D eigenvalue weighted by Gasteiger charge is 2.19. The number of hydrogen-bond donors (Lipinski definition) is 2. The molecule has 35 heavy (non-hydrogen) atoms. The molecule has 176 valence electrons. The lowest BCUT2D eigenvalue weighted by Crippen LogP contribution is -2.22. The van der Waals surface area contributed by atoms with Crippen LogP contribution in [0.15, 0.2) is 69.9 Å². The first-order valence-corrected chi connectivity index (χ1v) is 11.1. The fraction of sp³-hybridized carbons (Fsp3) is 0.148. The number of nitrogens with one attached hydrogen (secondary N) is 1. The minimum absolute atomic E-state index is 0.146. The number of nitrogens with zero attached hydrogens (tertiary/aromatic N) is 2. The first-order chi connectivity index (χ1) is 16.8. The summed E-state index contributed by atoms with van der Waals surface area (Å²) in [6.07, 6.45) is 0. The van der Waals surface area contributed by atoms with Crippen molar-refractivity contribution < 1.29 is 13.9 Å². The zero-order valence-corrected chi connectivity index (χ0v) is 19.6. The molecule has 5 aromatic rings. The average molecular weight is 469 g/mol. The molecule has 0 bridgehead atoms. The maximum atomic E-state index is 12.4. The lowest BCUT2D eigenvalue weighted by molar-refractivity contribution is 0.0996. The molecule has 0 unspecified atom stereocenters. The quantitative estimate of drug-likeness (QED) is 0.351. The van der Waals surface area contributed by atoms with Crippen molar-refractivity contribution in [2.24, 2.45) is 5.73 Å². The van der Waals surface area contributed by atoms with Crippen LogP contribution in [0.25, 0.3) is 22.0 Å². The summed E-state index contributed by atoms with van der Waals surface area (Å²) in [7, 11) is 1.62. The molecule has 0 radical (unpaired) electrons. The van der Waals surface area contributed by atoms with Gasteiger partial charge in [-0.15, -0.1) is 0 Å². The number of carbonyl (C=O) groups excluding carboxylic acids is 1. The van der Waals surface area contributed by atoms with Crippen LogP contribution in [0, 0.1) is 13.8 Å². The summed E-state index contributed by atoms with van der Waals surface area (Å²) in [5, 5.41) is 4.00. The maximum Gasteiger partial charge on any atom is 0.349 e. The highest BCUT2D eigenvalue weighted by Crippen LogP contribution is 2.30. The first-order valence-electron chi connectivity index (χ1n) is 11.1. The van der Waals surface area contributed by atoms with Gasteiger partial charge < -0.3 is 24.8 Å². The highest BCUT2D eigenvalue weighted by molar-refractivity contribution is 6.01. The Kier molecular flexibility index (Phi) is 5.49. The van der Waals surface area contributed by atoms with E-state index in [2.05, 4.69) is 17.4 Å². The number of hydrogen-bond acceptors (Lipinski definition) is 6. The van der Waals surface area contributed by atoms with Gasteiger partial charge in [0.05, 0.1) is 24.7 Å². The van der Waals surface area contributed by atoms with Crippen molar-refractivity contribution in [2.75, 3.05) is 12.4 Å². The van der Waals surface area contributed by atoms with Gasteiger partial charge in [-0.25, -0.2) is 9.78 Å². The third-order valence-corrected chi connectivity index (χ3v) is 6.05. The van der Waals surface area contributed by atoms with Crippen LogP contribution >= 0.6 is 0 Å². The van der Waals surface area contributed by atoms with Crippen molar-refractivity contribution >= 4 is 39.5 Å². The number of fused-ring (bicyclic) bond motifs is 2. The van der Waals surface area contributed by atoms with Gasteiger partial charge in [0, 0.05) is 17.1 Å². The molecule has 3 aromatic carbocycles. The minimum atomic E-state index is -0.815. The van der Waals surface area contributed by atoms with Crippen molar-refractivity contribution in [1.29, 1.82) is 0 Å². The van der Waals surface area contributed by atoms with Crippen LogP contribution in [-0.4, -0.2) is 22.6 Å². The molecule has 8 heteroatoms. The fourth-order valence-corrected chi connectivity index (χ4v) is 4.31. The maximum absolute atomic E-state index is 12.4. The van der Waals surface area contributed by atoms with Crippen LogP contribution in [0.5, 0.6) is 5.75 Å². The van der Waals surface area contributed by atoms with E-state index in [-0.39, 0.29) is 5.56 Å². The van der Waals surface area contributed by atoms with Gasteiger partial charge in [0.1, 0.15) is 16.9 Å². The molecule has 0 atom stereocenters. The Morgan fingerprint density at radius 1 is 1.11 bits per heavy atom. The third kappa shape index (κ3) is 4.10. The molecule has 3 N–H and O–H groups in total. The van der Waals surface area contributed by atoms with Crippen LogP contribution in [0.3, 0.4) is 0 Å². The van der Waals surface area contributed by atoms with E-state index in [9.17, 15) is 9.59 Å².